The molecule has 2 amide bonds. The van der Waals surface area contributed by atoms with Crippen molar-refractivity contribution in [2.75, 3.05) is 26.2 Å². The molecule has 4 aromatic rings. The highest BCUT2D eigenvalue weighted by Gasteiger charge is 2.42. The molecule has 1 aliphatic rings. The van der Waals surface area contributed by atoms with Crippen molar-refractivity contribution in [1.82, 2.24) is 4.90 Å². The van der Waals surface area contributed by atoms with Crippen molar-refractivity contribution in [3.05, 3.63) is 99.3 Å². The molecular weight excluding hydrogens is 613 g/mol. The van der Waals surface area contributed by atoms with Gasteiger partial charge in [-0.15, -0.1) is 23.7 Å². The number of amides is 2. The van der Waals surface area contributed by atoms with Gasteiger partial charge in [0, 0.05) is 39.1 Å². The van der Waals surface area contributed by atoms with E-state index in [2.05, 4.69) is 0 Å². The largest absolute Gasteiger partial charge is 0.494 e. The van der Waals surface area contributed by atoms with E-state index in [1.54, 1.807) is 17.0 Å². The Morgan fingerprint density at radius 1 is 0.929 bits per heavy atom. The number of likely N-dealkylation sites (tertiary alicyclic amines) is 1. The number of thiophene rings is 1. The Kier molecular flexibility index (Phi) is 10.6. The maximum Gasteiger partial charge on any atom is 0.263 e. The van der Waals surface area contributed by atoms with Crippen LogP contribution in [0.2, 0.25) is 10.0 Å². The molecule has 1 aromatic heterocycles. The smallest absolute Gasteiger partial charge is 0.263 e. The van der Waals surface area contributed by atoms with Crippen LogP contribution in [0.25, 0.3) is 21.6 Å². The summed E-state index contributed by atoms with van der Waals surface area (Å²) in [7, 11) is 0. The van der Waals surface area contributed by atoms with Gasteiger partial charge in [0.15, 0.2) is 0 Å². The Hall–Kier alpha value is -3.07. The maximum atomic E-state index is 13.8. The van der Waals surface area contributed by atoms with E-state index in [9.17, 15) is 9.59 Å². The summed E-state index contributed by atoms with van der Waals surface area (Å²) in [6.45, 7) is 1.98. The first kappa shape index (κ1) is 31.9. The van der Waals surface area contributed by atoms with Crippen LogP contribution < -0.4 is 16.2 Å². The minimum atomic E-state index is -0.783. The molecule has 0 radical (unpaired) electrons. The number of halogens is 3. The van der Waals surface area contributed by atoms with Gasteiger partial charge in [0.05, 0.1) is 16.9 Å². The number of hydrogen-bond donors (Lipinski definition) is 2. The highest BCUT2D eigenvalue weighted by molar-refractivity contribution is 7.18. The van der Waals surface area contributed by atoms with Crippen molar-refractivity contribution < 1.29 is 14.3 Å². The second-order valence-corrected chi connectivity index (χ2v) is 12.0. The lowest BCUT2D eigenvalue weighted by Gasteiger charge is -2.40. The average molecular weight is 645 g/mol. The second kappa shape index (κ2) is 13.9. The molecule has 1 fully saturated rings. The minimum Gasteiger partial charge on any atom is -0.494 e. The van der Waals surface area contributed by atoms with Crippen molar-refractivity contribution in [1.29, 1.82) is 0 Å². The molecule has 220 valence electrons. The molecule has 0 spiro atoms. The van der Waals surface area contributed by atoms with E-state index in [1.165, 1.54) is 11.3 Å². The SMILES string of the molecule is Cl.NCCCOc1ccc(-c2sc(C(=O)N3CCC(C(N)=O)(c4ccccc4)CC3)cc2-c2ccc(Cl)cc2Cl)cc1. The zero-order valence-corrected chi connectivity index (χ0v) is 26.0. The zero-order chi connectivity index (χ0) is 29.0. The van der Waals surface area contributed by atoms with E-state index in [4.69, 9.17) is 39.4 Å². The first-order valence-corrected chi connectivity index (χ1v) is 15.1. The van der Waals surface area contributed by atoms with Crippen molar-refractivity contribution in [3.63, 3.8) is 0 Å². The van der Waals surface area contributed by atoms with Crippen LogP contribution in [0.5, 0.6) is 5.75 Å². The van der Waals surface area contributed by atoms with Crippen molar-refractivity contribution in [3.8, 4) is 27.3 Å². The van der Waals surface area contributed by atoms with Gasteiger partial charge in [0.1, 0.15) is 5.75 Å². The van der Waals surface area contributed by atoms with Crippen LogP contribution in [-0.4, -0.2) is 43.0 Å². The van der Waals surface area contributed by atoms with Gasteiger partial charge in [0.25, 0.3) is 5.91 Å². The minimum absolute atomic E-state index is 0. The van der Waals surface area contributed by atoms with E-state index >= 15 is 0 Å². The Morgan fingerprint density at radius 2 is 1.62 bits per heavy atom. The number of primary amides is 1. The summed E-state index contributed by atoms with van der Waals surface area (Å²) in [6, 6.07) is 24.7. The number of benzene rings is 3. The van der Waals surface area contributed by atoms with Crippen molar-refractivity contribution in [2.45, 2.75) is 24.7 Å². The van der Waals surface area contributed by atoms with Gasteiger partial charge >= 0.3 is 0 Å². The monoisotopic (exact) mass is 643 g/mol. The lowest BCUT2D eigenvalue weighted by atomic mass is 9.72. The lowest BCUT2D eigenvalue weighted by Crippen LogP contribution is -2.51. The fourth-order valence-electron chi connectivity index (χ4n) is 5.28. The Balaban J connectivity index is 0.00000405. The number of carbonyl (C=O) groups is 2. The van der Waals surface area contributed by atoms with Crippen LogP contribution >= 0.6 is 46.9 Å². The van der Waals surface area contributed by atoms with Gasteiger partial charge < -0.3 is 21.1 Å². The molecule has 1 aliphatic heterocycles. The molecule has 0 unspecified atom stereocenters. The molecule has 4 N–H and O–H groups in total. The molecular formula is C32H32Cl3N3O3S. The summed E-state index contributed by atoms with van der Waals surface area (Å²) in [5.41, 5.74) is 14.2. The number of hydrogen-bond acceptors (Lipinski definition) is 5. The predicted octanol–water partition coefficient (Wildman–Crippen LogP) is 7.20. The van der Waals surface area contributed by atoms with E-state index in [0.29, 0.717) is 54.0 Å². The van der Waals surface area contributed by atoms with E-state index in [0.717, 1.165) is 39.3 Å². The third-order valence-corrected chi connectivity index (χ3v) is 9.32. The molecule has 3 aromatic carbocycles. The van der Waals surface area contributed by atoms with Gasteiger partial charge in [-0.2, -0.15) is 0 Å². The maximum absolute atomic E-state index is 13.8. The predicted molar refractivity (Wildman–Crippen MR) is 174 cm³/mol. The Bertz CT molecular complexity index is 1540. The van der Waals surface area contributed by atoms with Crippen molar-refractivity contribution >= 4 is 58.8 Å². The molecule has 0 aliphatic carbocycles. The lowest BCUT2D eigenvalue weighted by molar-refractivity contribution is -0.125. The van der Waals surface area contributed by atoms with Crippen LogP contribution in [0, 0.1) is 0 Å². The van der Waals surface area contributed by atoms with Gasteiger partial charge in [-0.25, -0.2) is 0 Å². The second-order valence-electron chi connectivity index (χ2n) is 10.1. The standard InChI is InChI=1S/C32H31Cl2N3O3S.ClH/c33-23-9-12-25(27(34)19-23)26-20-28(41-29(26)21-7-10-24(11-8-21)40-18-4-15-35)30(38)37-16-13-32(14-17-37,31(36)39)22-5-2-1-3-6-22;/h1-3,5-12,19-20H,4,13-18,35H2,(H2,36,39);1H. The normalized spacial score (nSPS) is 14.2. The highest BCUT2D eigenvalue weighted by atomic mass is 35.5. The van der Waals surface area contributed by atoms with Gasteiger partial charge in [-0.1, -0.05) is 59.6 Å². The Morgan fingerprint density at radius 3 is 2.24 bits per heavy atom. The Labute approximate surface area is 266 Å². The van der Waals surface area contributed by atoms with Gasteiger partial charge in [-0.05, 0) is 79.4 Å². The van der Waals surface area contributed by atoms with Crippen LogP contribution in [0.1, 0.15) is 34.5 Å². The molecule has 1 saturated heterocycles. The van der Waals surface area contributed by atoms with Crippen LogP contribution in [0.4, 0.5) is 0 Å². The number of nitrogens with two attached hydrogens (primary N) is 2. The summed E-state index contributed by atoms with van der Waals surface area (Å²) >= 11 is 14.2. The molecule has 6 nitrogen and oxygen atoms in total. The highest BCUT2D eigenvalue weighted by Crippen LogP contribution is 2.44. The summed E-state index contributed by atoms with van der Waals surface area (Å²) in [5, 5.41) is 1.04. The number of rotatable bonds is 9. The fraction of sp³-hybridized carbons (Fsp3) is 0.250. The molecule has 2 heterocycles. The summed E-state index contributed by atoms with van der Waals surface area (Å²) in [6.07, 6.45) is 1.72. The van der Waals surface area contributed by atoms with Crippen molar-refractivity contribution in [2.24, 2.45) is 11.5 Å². The van der Waals surface area contributed by atoms with E-state index in [1.807, 2.05) is 66.7 Å². The van der Waals surface area contributed by atoms with Crippen LogP contribution in [-0.2, 0) is 10.2 Å². The summed E-state index contributed by atoms with van der Waals surface area (Å²) in [5.74, 6) is 0.315. The third kappa shape index (κ3) is 6.61. The quantitative estimate of drug-likeness (QED) is 0.188. The molecule has 0 bridgehead atoms. The van der Waals surface area contributed by atoms with Gasteiger partial charge in [0.2, 0.25) is 5.91 Å². The number of piperidine rings is 1. The zero-order valence-electron chi connectivity index (χ0n) is 22.9. The first-order chi connectivity index (χ1) is 19.8. The molecule has 0 atom stereocenters. The fourth-order valence-corrected chi connectivity index (χ4v) is 6.93. The molecule has 10 heteroatoms. The summed E-state index contributed by atoms with van der Waals surface area (Å²) in [4.78, 5) is 29.8. The number of ether oxygens (including phenoxy) is 1. The number of carbonyl (C=O) groups excluding carboxylic acids is 2. The topological polar surface area (TPSA) is 98.7 Å². The summed E-state index contributed by atoms with van der Waals surface area (Å²) < 4.78 is 5.77. The van der Waals surface area contributed by atoms with E-state index in [-0.39, 0.29) is 24.2 Å². The molecule has 0 saturated carbocycles. The van der Waals surface area contributed by atoms with Crippen LogP contribution in [0.3, 0.4) is 0 Å². The third-order valence-electron chi connectivity index (χ3n) is 7.60. The number of nitrogens with zero attached hydrogens (tertiary/aromatic N) is 1. The molecule has 5 rings (SSSR count). The van der Waals surface area contributed by atoms with E-state index < -0.39 is 5.41 Å². The average Bonchev–Trinajstić information content (AvgIpc) is 3.43. The molecule has 42 heavy (non-hydrogen) atoms. The first-order valence-electron chi connectivity index (χ1n) is 13.5. The van der Waals surface area contributed by atoms with Gasteiger partial charge in [-0.3, -0.25) is 9.59 Å². The van der Waals surface area contributed by atoms with Crippen LogP contribution in [0.15, 0.2) is 78.9 Å².